The molecule has 1 heterocycles. The smallest absolute Gasteiger partial charge is 0.139 e. The van der Waals surface area contributed by atoms with E-state index in [1.54, 1.807) is 0 Å². The fourth-order valence-corrected chi connectivity index (χ4v) is 7.78. The van der Waals surface area contributed by atoms with Crippen molar-refractivity contribution >= 4 is 11.5 Å². The Morgan fingerprint density at radius 3 is 2.78 bits per heavy atom. The molecule has 5 rings (SSSR count). The van der Waals surface area contributed by atoms with Crippen molar-refractivity contribution in [3.8, 4) is 0 Å². The molecule has 1 aliphatic heterocycles. The van der Waals surface area contributed by atoms with Crippen LogP contribution in [0.3, 0.4) is 0 Å². The minimum absolute atomic E-state index is 0.0366. The van der Waals surface area contributed by atoms with Crippen molar-refractivity contribution < 1.29 is 14.4 Å². The molecule has 0 unspecified atom stereocenters. The molecule has 4 aliphatic carbocycles. The molecule has 150 valence electrons. The average molecular weight is 375 g/mol. The van der Waals surface area contributed by atoms with E-state index < -0.39 is 0 Å². The van der Waals surface area contributed by atoms with Gasteiger partial charge in [0.2, 0.25) is 0 Å². The van der Waals surface area contributed by atoms with Gasteiger partial charge in [-0.2, -0.15) is 0 Å². The van der Waals surface area contributed by atoms with E-state index in [1.165, 1.54) is 18.6 Å². The zero-order chi connectivity index (χ0) is 18.9. The van der Waals surface area contributed by atoms with Gasteiger partial charge in [0.1, 0.15) is 12.4 Å². The second kappa shape index (κ2) is 6.03. The molecule has 0 bridgehead atoms. The second-order valence-electron chi connectivity index (χ2n) is 10.4. The second-order valence-corrected chi connectivity index (χ2v) is 10.4. The maximum Gasteiger partial charge on any atom is 0.139 e. The predicted octanol–water partition coefficient (Wildman–Crippen LogP) is 3.31. The number of epoxide rings is 1. The number of carbonyl (C=O) groups is 1. The molecule has 0 aromatic heterocycles. The maximum atomic E-state index is 12.6. The van der Waals surface area contributed by atoms with Crippen LogP contribution in [-0.2, 0) is 14.4 Å². The van der Waals surface area contributed by atoms with Crippen LogP contribution in [0.15, 0.2) is 5.16 Å². The van der Waals surface area contributed by atoms with Gasteiger partial charge in [-0.1, -0.05) is 19.0 Å². The Morgan fingerprint density at radius 1 is 1.22 bits per heavy atom. The van der Waals surface area contributed by atoms with E-state index in [-0.39, 0.29) is 11.0 Å². The summed E-state index contributed by atoms with van der Waals surface area (Å²) in [6.07, 6.45) is 8.56. The quantitative estimate of drug-likeness (QED) is 0.467. The molecule has 2 N–H and O–H groups in total. The number of carbonyl (C=O) groups excluding carboxylic acids is 1. The lowest BCUT2D eigenvalue weighted by Gasteiger charge is -2.61. The molecule has 0 aromatic rings. The SMILES string of the molecule is C[C@]12CC/C(=N\OCCN)C[C@@H]1[C@@]1(CO1)C[C@@H]1[C@@H]2CC[C@]2(C)C(=O)CC[C@@H]12. The van der Waals surface area contributed by atoms with Gasteiger partial charge in [0.25, 0.3) is 0 Å². The highest BCUT2D eigenvalue weighted by atomic mass is 16.6. The van der Waals surface area contributed by atoms with Gasteiger partial charge < -0.3 is 15.3 Å². The number of hydrogen-bond donors (Lipinski definition) is 1. The van der Waals surface area contributed by atoms with Crippen LogP contribution in [0.2, 0.25) is 0 Å². The number of Topliss-reactive ketones (excluding diaryl/α,β-unsaturated/α-hetero) is 1. The highest BCUT2D eigenvalue weighted by Gasteiger charge is 2.69. The molecule has 1 saturated heterocycles. The standard InChI is InChI=1S/C22H34N2O3/c1-20-7-5-14(24-27-10-9-23)11-18(20)22(13-26-22)12-15-16-3-4-19(25)21(16,2)8-6-17(15)20/h15-18H,3-13,23H2,1-2H3/b24-14+/t15-,16-,17-,18-,20+,21-,22-/m0/s1. The van der Waals surface area contributed by atoms with Gasteiger partial charge in [-0.25, -0.2) is 0 Å². The molecule has 0 amide bonds. The Morgan fingerprint density at radius 2 is 2.04 bits per heavy atom. The Hall–Kier alpha value is -0.940. The lowest BCUT2D eigenvalue weighted by atomic mass is 9.43. The third-order valence-electron chi connectivity index (χ3n) is 9.32. The van der Waals surface area contributed by atoms with Gasteiger partial charge in [0.05, 0.1) is 17.9 Å². The molecule has 5 nitrogen and oxygen atoms in total. The monoisotopic (exact) mass is 374 g/mol. The molecule has 5 heteroatoms. The van der Waals surface area contributed by atoms with Gasteiger partial charge >= 0.3 is 0 Å². The maximum absolute atomic E-state index is 12.6. The highest BCUT2D eigenvalue weighted by Crippen LogP contribution is 2.70. The van der Waals surface area contributed by atoms with E-state index in [2.05, 4.69) is 19.0 Å². The van der Waals surface area contributed by atoms with E-state index >= 15 is 0 Å². The summed E-state index contributed by atoms with van der Waals surface area (Å²) in [5, 5.41) is 4.40. The summed E-state index contributed by atoms with van der Waals surface area (Å²) in [4.78, 5) is 18.0. The molecule has 1 spiro atoms. The van der Waals surface area contributed by atoms with Crippen molar-refractivity contribution in [1.29, 1.82) is 0 Å². The third kappa shape index (κ3) is 2.50. The van der Waals surface area contributed by atoms with E-state index in [1.807, 2.05) is 0 Å². The first-order valence-electron chi connectivity index (χ1n) is 11.0. The van der Waals surface area contributed by atoms with E-state index in [4.69, 9.17) is 15.3 Å². The normalized spacial score (nSPS) is 52.4. The molecule has 27 heavy (non-hydrogen) atoms. The van der Waals surface area contributed by atoms with Crippen molar-refractivity contribution in [1.82, 2.24) is 0 Å². The largest absolute Gasteiger partial charge is 0.395 e. The van der Waals surface area contributed by atoms with Crippen molar-refractivity contribution in [3.05, 3.63) is 0 Å². The summed E-state index contributed by atoms with van der Waals surface area (Å²) < 4.78 is 6.20. The van der Waals surface area contributed by atoms with Crippen LogP contribution in [-0.4, -0.2) is 36.9 Å². The lowest BCUT2D eigenvalue weighted by molar-refractivity contribution is -0.145. The number of oxime groups is 1. The summed E-state index contributed by atoms with van der Waals surface area (Å²) in [6, 6.07) is 0. The van der Waals surface area contributed by atoms with Gasteiger partial charge in [-0.3, -0.25) is 4.79 Å². The lowest BCUT2D eigenvalue weighted by Crippen LogP contribution is -2.59. The number of nitrogens with two attached hydrogens (primary N) is 1. The fourth-order valence-electron chi connectivity index (χ4n) is 7.78. The molecule has 0 radical (unpaired) electrons. The number of hydrogen-bond acceptors (Lipinski definition) is 5. The molecule has 5 fully saturated rings. The van der Waals surface area contributed by atoms with Gasteiger partial charge in [0, 0.05) is 24.3 Å². The van der Waals surface area contributed by atoms with Crippen LogP contribution >= 0.6 is 0 Å². The van der Waals surface area contributed by atoms with Crippen molar-refractivity contribution in [3.63, 3.8) is 0 Å². The number of nitrogens with zero attached hydrogens (tertiary/aromatic N) is 1. The molecule has 0 aromatic carbocycles. The van der Waals surface area contributed by atoms with Gasteiger partial charge in [0.15, 0.2) is 0 Å². The van der Waals surface area contributed by atoms with Crippen LogP contribution < -0.4 is 5.73 Å². The van der Waals surface area contributed by atoms with E-state index in [0.29, 0.717) is 42.1 Å². The Kier molecular flexibility index (Phi) is 4.04. The van der Waals surface area contributed by atoms with E-state index in [9.17, 15) is 4.79 Å². The number of ketones is 1. The van der Waals surface area contributed by atoms with Crippen LogP contribution in [0.1, 0.15) is 65.2 Å². The molecular weight excluding hydrogens is 340 g/mol. The van der Waals surface area contributed by atoms with Crippen LogP contribution in [0, 0.1) is 34.5 Å². The minimum atomic E-state index is -0.0577. The first-order chi connectivity index (χ1) is 12.9. The topological polar surface area (TPSA) is 77.2 Å². The molecule has 7 atom stereocenters. The summed E-state index contributed by atoms with van der Waals surface area (Å²) in [5.74, 6) is 3.03. The van der Waals surface area contributed by atoms with E-state index in [0.717, 1.165) is 51.0 Å². The van der Waals surface area contributed by atoms with Gasteiger partial charge in [-0.05, 0) is 68.1 Å². The highest BCUT2D eigenvalue weighted by molar-refractivity contribution is 5.87. The first kappa shape index (κ1) is 18.1. The Balaban J connectivity index is 1.43. The summed E-state index contributed by atoms with van der Waals surface area (Å²) >= 11 is 0. The average Bonchev–Trinajstić information content (AvgIpc) is 3.34. The number of ether oxygens (including phenoxy) is 1. The summed E-state index contributed by atoms with van der Waals surface area (Å²) in [7, 11) is 0. The minimum Gasteiger partial charge on any atom is -0.395 e. The summed E-state index contributed by atoms with van der Waals surface area (Å²) in [5.41, 5.74) is 7.00. The van der Waals surface area contributed by atoms with Crippen molar-refractivity contribution in [2.75, 3.05) is 19.8 Å². The zero-order valence-corrected chi connectivity index (χ0v) is 16.8. The van der Waals surface area contributed by atoms with Crippen LogP contribution in [0.4, 0.5) is 0 Å². The predicted molar refractivity (Wildman–Crippen MR) is 103 cm³/mol. The van der Waals surface area contributed by atoms with Crippen molar-refractivity contribution in [2.24, 2.45) is 45.4 Å². The van der Waals surface area contributed by atoms with Gasteiger partial charge in [-0.15, -0.1) is 0 Å². The summed E-state index contributed by atoms with van der Waals surface area (Å²) in [6.45, 7) is 6.68. The number of rotatable bonds is 3. The van der Waals surface area contributed by atoms with Crippen LogP contribution in [0.5, 0.6) is 0 Å². The molecular formula is C22H34N2O3. The van der Waals surface area contributed by atoms with Crippen LogP contribution in [0.25, 0.3) is 0 Å². The fraction of sp³-hybridized carbons (Fsp3) is 0.909. The Bertz CT molecular complexity index is 672. The van der Waals surface area contributed by atoms with Crippen molar-refractivity contribution in [2.45, 2.75) is 70.8 Å². The third-order valence-corrected chi connectivity index (χ3v) is 9.32. The number of fused-ring (bicyclic) bond motifs is 6. The molecule has 5 aliphatic rings. The zero-order valence-electron chi connectivity index (χ0n) is 16.8. The Labute approximate surface area is 162 Å². The molecule has 4 saturated carbocycles. The first-order valence-corrected chi connectivity index (χ1v) is 11.0.